The number of hydrogen-bond donors (Lipinski definition) is 2. The highest BCUT2D eigenvalue weighted by Gasteiger charge is 2.24. The van der Waals surface area contributed by atoms with Crippen molar-refractivity contribution in [2.75, 3.05) is 17.8 Å². The van der Waals surface area contributed by atoms with Crippen LogP contribution in [0.2, 0.25) is 0 Å². The van der Waals surface area contributed by atoms with Crippen LogP contribution in [-0.2, 0) is 13.1 Å². The molecule has 8 nitrogen and oxygen atoms in total. The van der Waals surface area contributed by atoms with E-state index in [1.165, 1.54) is 35.1 Å². The number of anilines is 1. The van der Waals surface area contributed by atoms with Gasteiger partial charge >= 0.3 is 0 Å². The van der Waals surface area contributed by atoms with E-state index in [0.717, 1.165) is 4.21 Å². The number of nitrogens with one attached hydrogen (secondary N) is 2. The average molecular weight is 438 g/mol. The van der Waals surface area contributed by atoms with Gasteiger partial charge in [0.2, 0.25) is 0 Å². The first-order chi connectivity index (χ1) is 13.6. The van der Waals surface area contributed by atoms with Gasteiger partial charge in [-0.1, -0.05) is 0 Å². The molecule has 0 radical (unpaired) electrons. The van der Waals surface area contributed by atoms with Crippen LogP contribution < -0.4 is 10.6 Å². The summed E-state index contributed by atoms with van der Waals surface area (Å²) in [6.07, 6.45) is 6.97. The topological polar surface area (TPSA) is 102 Å². The fraction of sp³-hybridized carbons (Fsp3) is 0.294. The summed E-state index contributed by atoms with van der Waals surface area (Å²) < 4.78 is 12.0. The van der Waals surface area contributed by atoms with Gasteiger partial charge < -0.3 is 15.1 Å². The molecule has 0 saturated carbocycles. The van der Waals surface area contributed by atoms with E-state index >= 15 is 0 Å². The Morgan fingerprint density at radius 1 is 1.29 bits per heavy atom. The van der Waals surface area contributed by atoms with E-state index in [1.807, 2.05) is 19.4 Å². The van der Waals surface area contributed by atoms with Crippen LogP contribution >= 0.6 is 35.1 Å². The second-order valence-electron chi connectivity index (χ2n) is 5.52. The normalized spacial score (nSPS) is 10.8. The van der Waals surface area contributed by atoms with Gasteiger partial charge in [-0.2, -0.15) is 9.47 Å². The van der Waals surface area contributed by atoms with Crippen LogP contribution in [0.4, 0.5) is 5.69 Å². The molecule has 0 aliphatic rings. The predicted octanol–water partition coefficient (Wildman–Crippen LogP) is 3.58. The molecule has 148 valence electrons. The quantitative estimate of drug-likeness (QED) is 0.519. The molecular formula is C17H19N5O3S3. The summed E-state index contributed by atoms with van der Waals surface area (Å²) in [5.74, 6) is -0.0665. The number of carbonyl (C=O) groups is 2. The smallest absolute Gasteiger partial charge is 0.274 e. The Labute approximate surface area is 174 Å². The first-order valence-corrected chi connectivity index (χ1v) is 11.6. The molecule has 0 aliphatic heterocycles. The van der Waals surface area contributed by atoms with Crippen LogP contribution in [0.1, 0.15) is 33.5 Å². The van der Waals surface area contributed by atoms with Gasteiger partial charge in [-0.05, 0) is 43.1 Å². The molecule has 3 rings (SSSR count). The zero-order valence-corrected chi connectivity index (χ0v) is 18.0. The summed E-state index contributed by atoms with van der Waals surface area (Å²) in [6, 6.07) is 3.52. The van der Waals surface area contributed by atoms with E-state index in [2.05, 4.69) is 20.1 Å². The van der Waals surface area contributed by atoms with E-state index in [0.29, 0.717) is 28.6 Å². The van der Waals surface area contributed by atoms with Crippen molar-refractivity contribution in [2.24, 2.45) is 0 Å². The molecule has 3 heterocycles. The van der Waals surface area contributed by atoms with Crippen LogP contribution in [-0.4, -0.2) is 38.5 Å². The number of nitrogens with zero attached hydrogens (tertiary/aromatic N) is 3. The molecule has 0 bridgehead atoms. The fourth-order valence-corrected chi connectivity index (χ4v) is 4.70. The first kappa shape index (κ1) is 20.5. The number of hydrogen-bond acceptors (Lipinski definition) is 8. The monoisotopic (exact) mass is 437 g/mol. The molecule has 0 spiro atoms. The van der Waals surface area contributed by atoms with Crippen molar-refractivity contribution in [2.45, 2.75) is 29.2 Å². The lowest BCUT2D eigenvalue weighted by Gasteiger charge is -2.07. The van der Waals surface area contributed by atoms with Crippen molar-refractivity contribution < 1.29 is 14.0 Å². The standard InChI is InChI=1S/C17H19N5O3S3/c1-4-22-9-11(13(20-22)15(24)18-8-10-6-5-7-25-10)19-14(23)12-16(26-2)21-28-17(12)27-3/h5-7,9H,4,8H2,1-3H3,(H,18,24)(H,19,23). The predicted molar refractivity (Wildman–Crippen MR) is 111 cm³/mol. The van der Waals surface area contributed by atoms with Gasteiger partial charge in [0.05, 0.1) is 28.3 Å². The molecule has 11 heteroatoms. The lowest BCUT2D eigenvalue weighted by Crippen LogP contribution is -2.25. The number of carbonyl (C=O) groups excluding carboxylic acids is 2. The highest BCUT2D eigenvalue weighted by Crippen LogP contribution is 2.33. The summed E-state index contributed by atoms with van der Waals surface area (Å²) in [4.78, 5) is 25.5. The lowest BCUT2D eigenvalue weighted by molar-refractivity contribution is 0.0943. The van der Waals surface area contributed by atoms with Gasteiger partial charge in [-0.15, -0.1) is 23.5 Å². The molecule has 0 atom stereocenters. The number of thioether (sulfide) groups is 2. The molecule has 0 saturated heterocycles. The van der Waals surface area contributed by atoms with Crippen LogP contribution in [0.5, 0.6) is 0 Å². The molecule has 0 fully saturated rings. The first-order valence-electron chi connectivity index (χ1n) is 8.34. The molecule has 2 N–H and O–H groups in total. The molecule has 2 amide bonds. The minimum absolute atomic E-state index is 0.154. The van der Waals surface area contributed by atoms with Gasteiger partial charge in [0.1, 0.15) is 10.8 Å². The Morgan fingerprint density at radius 3 is 2.75 bits per heavy atom. The van der Waals surface area contributed by atoms with Gasteiger partial charge in [-0.25, -0.2) is 0 Å². The number of rotatable bonds is 8. The zero-order chi connectivity index (χ0) is 20.1. The number of aryl methyl sites for hydroxylation is 1. The van der Waals surface area contributed by atoms with E-state index in [9.17, 15) is 9.59 Å². The van der Waals surface area contributed by atoms with Gasteiger partial charge in [0, 0.05) is 12.7 Å². The van der Waals surface area contributed by atoms with E-state index in [-0.39, 0.29) is 18.1 Å². The fourth-order valence-electron chi connectivity index (χ4n) is 2.42. The SMILES string of the molecule is CCn1cc(NC(=O)c2c(SC)nsc2SC)c(C(=O)NCc2ccco2)n1. The van der Waals surface area contributed by atoms with Crippen LogP contribution in [0, 0.1) is 0 Å². The lowest BCUT2D eigenvalue weighted by atomic mass is 10.3. The number of aromatic nitrogens is 3. The average Bonchev–Trinajstić information content (AvgIpc) is 3.44. The molecular weight excluding hydrogens is 418 g/mol. The highest BCUT2D eigenvalue weighted by molar-refractivity contribution is 8.01. The number of amides is 2. The second-order valence-corrected chi connectivity index (χ2v) is 8.16. The third-order valence-electron chi connectivity index (χ3n) is 3.79. The van der Waals surface area contributed by atoms with E-state index in [4.69, 9.17) is 4.42 Å². The Bertz CT molecular complexity index is 944. The highest BCUT2D eigenvalue weighted by atomic mass is 32.2. The minimum Gasteiger partial charge on any atom is -0.467 e. The third kappa shape index (κ3) is 4.42. The van der Waals surface area contributed by atoms with Crippen molar-refractivity contribution in [3.63, 3.8) is 0 Å². The number of furan rings is 1. The van der Waals surface area contributed by atoms with Crippen molar-refractivity contribution in [3.05, 3.63) is 41.6 Å². The Hall–Kier alpha value is -2.24. The van der Waals surface area contributed by atoms with Crippen molar-refractivity contribution >= 4 is 52.6 Å². The molecule has 0 aromatic carbocycles. The molecule has 3 aromatic rings. The van der Waals surface area contributed by atoms with Gasteiger partial charge in [-0.3, -0.25) is 14.3 Å². The summed E-state index contributed by atoms with van der Waals surface area (Å²) in [5, 5.41) is 10.5. The molecule has 3 aromatic heterocycles. The maximum Gasteiger partial charge on any atom is 0.274 e. The van der Waals surface area contributed by atoms with Crippen LogP contribution in [0.25, 0.3) is 0 Å². The van der Waals surface area contributed by atoms with Crippen molar-refractivity contribution in [1.82, 2.24) is 19.5 Å². The van der Waals surface area contributed by atoms with Crippen LogP contribution in [0.15, 0.2) is 38.2 Å². The minimum atomic E-state index is -0.391. The van der Waals surface area contributed by atoms with Crippen molar-refractivity contribution in [3.8, 4) is 0 Å². The van der Waals surface area contributed by atoms with Crippen LogP contribution in [0.3, 0.4) is 0 Å². The Kier molecular flexibility index (Phi) is 6.81. The summed E-state index contributed by atoms with van der Waals surface area (Å²) in [6.45, 7) is 2.71. The van der Waals surface area contributed by atoms with Crippen molar-refractivity contribution in [1.29, 1.82) is 0 Å². The maximum atomic E-state index is 12.9. The molecule has 0 unspecified atom stereocenters. The Morgan fingerprint density at radius 2 is 2.11 bits per heavy atom. The Balaban J connectivity index is 1.82. The largest absolute Gasteiger partial charge is 0.467 e. The summed E-state index contributed by atoms with van der Waals surface area (Å²) in [7, 11) is 0. The second kappa shape index (κ2) is 9.30. The summed E-state index contributed by atoms with van der Waals surface area (Å²) >= 11 is 4.17. The zero-order valence-electron chi connectivity index (χ0n) is 15.5. The van der Waals surface area contributed by atoms with E-state index < -0.39 is 5.91 Å². The molecule has 0 aliphatic carbocycles. The van der Waals surface area contributed by atoms with Gasteiger partial charge in [0.25, 0.3) is 11.8 Å². The van der Waals surface area contributed by atoms with Gasteiger partial charge in [0.15, 0.2) is 5.69 Å². The summed E-state index contributed by atoms with van der Waals surface area (Å²) in [5.41, 5.74) is 1.03. The maximum absolute atomic E-state index is 12.9. The molecule has 28 heavy (non-hydrogen) atoms. The van der Waals surface area contributed by atoms with E-state index in [1.54, 1.807) is 29.3 Å². The third-order valence-corrected chi connectivity index (χ3v) is 6.53.